The van der Waals surface area contributed by atoms with E-state index in [1.165, 1.54) is 5.56 Å². The molecular weight excluding hydrogens is 889 g/mol. The van der Waals surface area contributed by atoms with Gasteiger partial charge in [-0.1, -0.05) is 188 Å². The van der Waals surface area contributed by atoms with Crippen molar-refractivity contribution in [2.75, 3.05) is 31.5 Å². The van der Waals surface area contributed by atoms with E-state index < -0.39 is 0 Å². The van der Waals surface area contributed by atoms with Crippen molar-refractivity contribution in [1.29, 1.82) is 0 Å². The molecule has 0 spiro atoms. The second-order valence-electron chi connectivity index (χ2n) is 18.3. The standard InChI is InChI=1S/C67H56N6/c1-46-27-23-43-58(48(46)3)70-63-61(50-29-9-4-10-30-50)65(69-57-42-22-19-26-47(57)2)67(62(51-31-11-5-12-32-51)64(63)71-59-44-24-33-49-28-20-21-40-55(49)59)73(54-38-17-8-18-39-54)60-45-25-41-56(68)66(60)72(52-34-13-6-14-35-52)53-36-15-7-16-37-53/h4-45,69-71H,68H2,1-3H3. The smallest absolute Gasteiger partial charge is 0.0935 e. The molecule has 5 N–H and O–H groups in total. The van der Waals surface area contributed by atoms with Crippen molar-refractivity contribution in [3.05, 3.63) is 271 Å². The van der Waals surface area contributed by atoms with Gasteiger partial charge in [-0.05, 0) is 121 Å². The molecule has 0 aliphatic rings. The zero-order chi connectivity index (χ0) is 49.7. The van der Waals surface area contributed by atoms with Gasteiger partial charge < -0.3 is 31.5 Å². The Morgan fingerprint density at radius 1 is 0.329 bits per heavy atom. The Morgan fingerprint density at radius 2 is 0.767 bits per heavy atom. The SMILES string of the molecule is Cc1ccccc1Nc1c(-c2ccccc2)c(Nc2cccc(C)c2C)c(Nc2cccc3ccccc23)c(-c2ccccc2)c1N(c1ccccc1)c1cccc(N)c1N(c1ccccc1)c1ccccc1. The highest BCUT2D eigenvalue weighted by molar-refractivity contribution is 6.17. The van der Waals surface area contributed by atoms with Crippen LogP contribution in [0.5, 0.6) is 0 Å². The molecule has 0 amide bonds. The fourth-order valence-corrected chi connectivity index (χ4v) is 9.95. The number of nitrogens with zero attached hydrogens (tertiary/aromatic N) is 2. The van der Waals surface area contributed by atoms with Crippen LogP contribution in [0.15, 0.2) is 255 Å². The molecule has 11 rings (SSSR count). The predicted molar refractivity (Wildman–Crippen MR) is 312 cm³/mol. The Kier molecular flexibility index (Phi) is 12.9. The molecule has 0 fully saturated rings. The quantitative estimate of drug-likeness (QED) is 0.0815. The number of nitrogens with two attached hydrogens (primary N) is 1. The fraction of sp³-hybridized carbons (Fsp3) is 0.0448. The summed E-state index contributed by atoms with van der Waals surface area (Å²) in [6, 6.07) is 89.6. The van der Waals surface area contributed by atoms with Crippen molar-refractivity contribution in [1.82, 2.24) is 0 Å². The number of nitrogens with one attached hydrogen (secondary N) is 3. The monoisotopic (exact) mass is 944 g/mol. The molecule has 354 valence electrons. The lowest BCUT2D eigenvalue weighted by molar-refractivity contribution is 1.23. The van der Waals surface area contributed by atoms with E-state index in [0.29, 0.717) is 5.69 Å². The molecule has 6 nitrogen and oxygen atoms in total. The van der Waals surface area contributed by atoms with Gasteiger partial charge in [-0.2, -0.15) is 0 Å². The summed E-state index contributed by atoms with van der Waals surface area (Å²) in [5, 5.41) is 14.8. The number of benzene rings is 11. The van der Waals surface area contributed by atoms with Gasteiger partial charge in [0, 0.05) is 50.6 Å². The molecule has 0 atom stereocenters. The van der Waals surface area contributed by atoms with Crippen LogP contribution in [0.4, 0.5) is 73.9 Å². The summed E-state index contributed by atoms with van der Waals surface area (Å²) in [7, 11) is 0. The van der Waals surface area contributed by atoms with Crippen molar-refractivity contribution in [2.45, 2.75) is 20.8 Å². The number of para-hydroxylation sites is 5. The molecule has 0 aliphatic carbocycles. The van der Waals surface area contributed by atoms with Gasteiger partial charge in [0.15, 0.2) is 0 Å². The predicted octanol–water partition coefficient (Wildman–Crippen LogP) is 18.9. The van der Waals surface area contributed by atoms with Crippen LogP contribution in [0.2, 0.25) is 0 Å². The first kappa shape index (κ1) is 45.9. The van der Waals surface area contributed by atoms with Crippen LogP contribution in [0, 0.1) is 20.8 Å². The van der Waals surface area contributed by atoms with Crippen LogP contribution in [0.25, 0.3) is 33.0 Å². The third kappa shape index (κ3) is 9.10. The average molecular weight is 945 g/mol. The minimum Gasteiger partial charge on any atom is -0.397 e. The Balaban J connectivity index is 1.37. The molecule has 0 heterocycles. The number of rotatable bonds is 14. The maximum absolute atomic E-state index is 7.46. The number of aryl methyl sites for hydroxylation is 2. The summed E-state index contributed by atoms with van der Waals surface area (Å²) in [5.74, 6) is 0. The van der Waals surface area contributed by atoms with E-state index in [0.717, 1.165) is 112 Å². The summed E-state index contributed by atoms with van der Waals surface area (Å²) in [6.07, 6.45) is 0. The highest BCUT2D eigenvalue weighted by Gasteiger charge is 2.34. The van der Waals surface area contributed by atoms with Gasteiger partial charge >= 0.3 is 0 Å². The van der Waals surface area contributed by atoms with Crippen LogP contribution >= 0.6 is 0 Å². The zero-order valence-corrected chi connectivity index (χ0v) is 41.2. The number of anilines is 13. The van der Waals surface area contributed by atoms with Gasteiger partial charge in [0.1, 0.15) is 0 Å². The first-order chi connectivity index (χ1) is 35.9. The first-order valence-corrected chi connectivity index (χ1v) is 24.8. The average Bonchev–Trinajstić information content (AvgIpc) is 3.44. The Labute approximate surface area is 428 Å². The van der Waals surface area contributed by atoms with Gasteiger partial charge in [0.2, 0.25) is 0 Å². The van der Waals surface area contributed by atoms with E-state index in [2.05, 4.69) is 295 Å². The van der Waals surface area contributed by atoms with Crippen LogP contribution in [-0.2, 0) is 0 Å². The molecule has 6 heteroatoms. The first-order valence-electron chi connectivity index (χ1n) is 24.8. The molecule has 11 aromatic rings. The third-order valence-corrected chi connectivity index (χ3v) is 13.7. The van der Waals surface area contributed by atoms with Crippen LogP contribution in [0.1, 0.15) is 16.7 Å². The molecule has 0 aromatic heterocycles. The van der Waals surface area contributed by atoms with E-state index in [-0.39, 0.29) is 0 Å². The molecule has 0 saturated heterocycles. The van der Waals surface area contributed by atoms with Crippen molar-refractivity contribution < 1.29 is 0 Å². The molecule has 0 saturated carbocycles. The van der Waals surface area contributed by atoms with Gasteiger partial charge in [-0.15, -0.1) is 0 Å². The van der Waals surface area contributed by atoms with E-state index in [1.54, 1.807) is 0 Å². The number of fused-ring (bicyclic) bond motifs is 1. The Hall–Kier alpha value is -9.52. The van der Waals surface area contributed by atoms with Crippen LogP contribution in [0.3, 0.4) is 0 Å². The highest BCUT2D eigenvalue weighted by Crippen LogP contribution is 2.60. The highest BCUT2D eigenvalue weighted by atomic mass is 15.2. The lowest BCUT2D eigenvalue weighted by atomic mass is 9.89. The largest absolute Gasteiger partial charge is 0.397 e. The zero-order valence-electron chi connectivity index (χ0n) is 41.2. The van der Waals surface area contributed by atoms with Gasteiger partial charge in [0.25, 0.3) is 0 Å². The van der Waals surface area contributed by atoms with E-state index in [9.17, 15) is 0 Å². The van der Waals surface area contributed by atoms with Gasteiger partial charge in [0.05, 0.1) is 39.8 Å². The maximum Gasteiger partial charge on any atom is 0.0935 e. The number of nitrogen functional groups attached to an aromatic ring is 1. The number of hydrogen-bond acceptors (Lipinski definition) is 6. The van der Waals surface area contributed by atoms with E-state index in [1.807, 2.05) is 6.07 Å². The van der Waals surface area contributed by atoms with Crippen molar-refractivity contribution >= 4 is 84.7 Å². The molecule has 11 aromatic carbocycles. The molecule has 0 aliphatic heterocycles. The summed E-state index contributed by atoms with van der Waals surface area (Å²) < 4.78 is 0. The second-order valence-corrected chi connectivity index (χ2v) is 18.3. The molecule has 73 heavy (non-hydrogen) atoms. The van der Waals surface area contributed by atoms with E-state index >= 15 is 0 Å². The summed E-state index contributed by atoms with van der Waals surface area (Å²) in [4.78, 5) is 4.69. The summed E-state index contributed by atoms with van der Waals surface area (Å²) in [6.45, 7) is 6.53. The van der Waals surface area contributed by atoms with Crippen molar-refractivity contribution in [3.8, 4) is 22.3 Å². The molecular formula is C67H56N6. The summed E-state index contributed by atoms with van der Waals surface area (Å²) >= 11 is 0. The van der Waals surface area contributed by atoms with Crippen LogP contribution in [-0.4, -0.2) is 0 Å². The molecule has 0 radical (unpaired) electrons. The number of hydrogen-bond donors (Lipinski definition) is 4. The minimum atomic E-state index is 0.617. The third-order valence-electron chi connectivity index (χ3n) is 13.7. The lowest BCUT2D eigenvalue weighted by Crippen LogP contribution is -2.20. The molecule has 0 bridgehead atoms. The lowest BCUT2D eigenvalue weighted by Gasteiger charge is -2.38. The Morgan fingerprint density at radius 3 is 1.41 bits per heavy atom. The molecule has 0 unspecified atom stereocenters. The fourth-order valence-electron chi connectivity index (χ4n) is 9.95. The van der Waals surface area contributed by atoms with Gasteiger partial charge in [-0.3, -0.25) is 0 Å². The maximum atomic E-state index is 7.46. The topological polar surface area (TPSA) is 68.6 Å². The van der Waals surface area contributed by atoms with Crippen LogP contribution < -0.4 is 31.5 Å². The normalized spacial score (nSPS) is 11.0. The summed E-state index contributed by atoms with van der Waals surface area (Å²) in [5.41, 5.74) is 26.6. The van der Waals surface area contributed by atoms with Gasteiger partial charge in [-0.25, -0.2) is 0 Å². The van der Waals surface area contributed by atoms with E-state index in [4.69, 9.17) is 5.73 Å². The minimum absolute atomic E-state index is 0.617. The Bertz CT molecular complexity index is 3650. The second kappa shape index (κ2) is 20.4. The van der Waals surface area contributed by atoms with Crippen molar-refractivity contribution in [2.24, 2.45) is 0 Å². The van der Waals surface area contributed by atoms with Crippen molar-refractivity contribution in [3.63, 3.8) is 0 Å².